The van der Waals surface area contributed by atoms with Gasteiger partial charge in [-0.1, -0.05) is 28.0 Å². The Morgan fingerprint density at radius 1 is 1.04 bits per heavy atom. The molecule has 0 aromatic rings. The van der Waals surface area contributed by atoms with Crippen LogP contribution >= 0.6 is 21.6 Å². The Kier molecular flexibility index (Phi) is 15.2. The molecule has 8 heteroatoms. The molecule has 28 heavy (non-hydrogen) atoms. The summed E-state index contributed by atoms with van der Waals surface area (Å²) in [7, 11) is 7.10. The molecule has 1 aliphatic rings. The molecule has 6 nitrogen and oxygen atoms in total. The Morgan fingerprint density at radius 2 is 1.82 bits per heavy atom. The number of ether oxygens (including phenoxy) is 2. The van der Waals surface area contributed by atoms with E-state index >= 15 is 0 Å². The van der Waals surface area contributed by atoms with Crippen LogP contribution < -0.4 is 5.32 Å². The second kappa shape index (κ2) is 16.5. The molecule has 0 spiro atoms. The SMILES string of the molecule is COCC1C[C@@H](OC)CN1C(=O)CCCSSCCNCCCCCC(C)=O. The third-order valence-corrected chi connectivity index (χ3v) is 7.33. The molecule has 1 amide bonds. The van der Waals surface area contributed by atoms with E-state index in [-0.39, 0.29) is 23.8 Å². The molecule has 0 aromatic heterocycles. The van der Waals surface area contributed by atoms with Gasteiger partial charge in [-0.25, -0.2) is 0 Å². The summed E-state index contributed by atoms with van der Waals surface area (Å²) in [6.07, 6.45) is 6.49. The maximum atomic E-state index is 12.5. The second-order valence-corrected chi connectivity index (χ2v) is 9.96. The summed E-state index contributed by atoms with van der Waals surface area (Å²) in [5.41, 5.74) is 0. The van der Waals surface area contributed by atoms with Crippen LogP contribution in [-0.2, 0) is 19.1 Å². The smallest absolute Gasteiger partial charge is 0.223 e. The zero-order valence-corrected chi connectivity index (χ0v) is 19.4. The van der Waals surface area contributed by atoms with Gasteiger partial charge < -0.3 is 24.5 Å². The van der Waals surface area contributed by atoms with Crippen molar-refractivity contribution in [3.8, 4) is 0 Å². The predicted molar refractivity (Wildman–Crippen MR) is 119 cm³/mol. The molecular weight excluding hydrogens is 396 g/mol. The molecule has 1 fully saturated rings. The number of nitrogens with one attached hydrogen (secondary N) is 1. The van der Waals surface area contributed by atoms with E-state index in [1.807, 2.05) is 26.5 Å². The lowest BCUT2D eigenvalue weighted by molar-refractivity contribution is -0.133. The molecule has 0 aromatic carbocycles. The van der Waals surface area contributed by atoms with Crippen molar-refractivity contribution in [1.29, 1.82) is 0 Å². The number of unbranched alkanes of at least 4 members (excludes halogenated alkanes) is 2. The molecule has 1 heterocycles. The lowest BCUT2D eigenvalue weighted by Gasteiger charge is -2.23. The zero-order chi connectivity index (χ0) is 20.6. The van der Waals surface area contributed by atoms with Crippen molar-refractivity contribution in [2.45, 2.75) is 64.0 Å². The molecule has 0 aliphatic carbocycles. The van der Waals surface area contributed by atoms with Gasteiger partial charge in [-0.05, 0) is 39.2 Å². The highest BCUT2D eigenvalue weighted by molar-refractivity contribution is 8.76. The van der Waals surface area contributed by atoms with Crippen LogP contribution in [0.1, 0.15) is 51.9 Å². The maximum absolute atomic E-state index is 12.5. The van der Waals surface area contributed by atoms with Crippen LogP contribution in [0.4, 0.5) is 0 Å². The van der Waals surface area contributed by atoms with Crippen molar-refractivity contribution in [2.75, 3.05) is 52.0 Å². The summed E-state index contributed by atoms with van der Waals surface area (Å²) < 4.78 is 10.7. The molecule has 0 bridgehead atoms. The van der Waals surface area contributed by atoms with Gasteiger partial charge >= 0.3 is 0 Å². The number of amides is 1. The first kappa shape index (κ1) is 25.8. The highest BCUT2D eigenvalue weighted by atomic mass is 33.1. The van der Waals surface area contributed by atoms with Gasteiger partial charge in [0.1, 0.15) is 5.78 Å². The minimum Gasteiger partial charge on any atom is -0.383 e. The summed E-state index contributed by atoms with van der Waals surface area (Å²) in [5.74, 6) is 2.58. The van der Waals surface area contributed by atoms with E-state index < -0.39 is 0 Å². The van der Waals surface area contributed by atoms with E-state index in [2.05, 4.69) is 5.32 Å². The van der Waals surface area contributed by atoms with Crippen LogP contribution in [0.3, 0.4) is 0 Å². The molecule has 1 rings (SSSR count). The first-order valence-corrected chi connectivity index (χ1v) is 12.8. The minimum atomic E-state index is 0.135. The van der Waals surface area contributed by atoms with Crippen LogP contribution in [0.2, 0.25) is 0 Å². The summed E-state index contributed by atoms with van der Waals surface area (Å²) in [5, 5.41) is 3.44. The van der Waals surface area contributed by atoms with E-state index in [9.17, 15) is 9.59 Å². The number of hydrogen-bond acceptors (Lipinski definition) is 7. The van der Waals surface area contributed by atoms with Crippen molar-refractivity contribution in [3.05, 3.63) is 0 Å². The first-order valence-electron chi connectivity index (χ1n) is 10.3. The summed E-state index contributed by atoms with van der Waals surface area (Å²) in [6.45, 7) is 4.96. The quantitative estimate of drug-likeness (QED) is 0.279. The molecule has 164 valence electrons. The fourth-order valence-corrected chi connectivity index (χ4v) is 5.32. The monoisotopic (exact) mass is 434 g/mol. The average molecular weight is 435 g/mol. The van der Waals surface area contributed by atoms with E-state index in [4.69, 9.17) is 9.47 Å². The standard InChI is InChI=1S/C20H38N2O4S2/c1-17(23)8-5-4-6-10-21-11-13-28-27-12-7-9-20(24)22-15-19(26-3)14-18(22)16-25-2/h18-19,21H,4-16H2,1-3H3/t18?,19-/m1/s1. The van der Waals surface area contributed by atoms with Crippen molar-refractivity contribution >= 4 is 33.3 Å². The Hall–Kier alpha value is -0.280. The number of rotatable bonds is 17. The van der Waals surface area contributed by atoms with E-state index in [0.29, 0.717) is 26.0 Å². The minimum absolute atomic E-state index is 0.135. The number of carbonyl (C=O) groups is 2. The fourth-order valence-electron chi connectivity index (χ4n) is 3.28. The van der Waals surface area contributed by atoms with Gasteiger partial charge in [0.25, 0.3) is 0 Å². The average Bonchev–Trinajstić information content (AvgIpc) is 3.08. The second-order valence-electron chi connectivity index (χ2n) is 7.26. The lowest BCUT2D eigenvalue weighted by Crippen LogP contribution is -2.38. The fraction of sp³-hybridized carbons (Fsp3) is 0.900. The van der Waals surface area contributed by atoms with Gasteiger partial charge in [-0.3, -0.25) is 4.79 Å². The Bertz CT molecular complexity index is 440. The summed E-state index contributed by atoms with van der Waals surface area (Å²) in [4.78, 5) is 25.3. The number of ketones is 1. The molecule has 2 atom stereocenters. The summed E-state index contributed by atoms with van der Waals surface area (Å²) in [6, 6.07) is 0.151. The molecule has 1 N–H and O–H groups in total. The number of Topliss-reactive ketones (excluding diaryl/α,β-unsaturated/α-hetero) is 1. The van der Waals surface area contributed by atoms with Crippen LogP contribution in [0, 0.1) is 0 Å². The number of methoxy groups -OCH3 is 2. The third-order valence-electron chi connectivity index (χ3n) is 4.84. The van der Waals surface area contributed by atoms with Crippen molar-refractivity contribution in [1.82, 2.24) is 10.2 Å². The predicted octanol–water partition coefficient (Wildman–Crippen LogP) is 3.15. The van der Waals surface area contributed by atoms with Crippen molar-refractivity contribution in [2.24, 2.45) is 0 Å². The Morgan fingerprint density at radius 3 is 2.54 bits per heavy atom. The normalized spacial score (nSPS) is 19.3. The third kappa shape index (κ3) is 11.7. The van der Waals surface area contributed by atoms with E-state index in [0.717, 1.165) is 56.7 Å². The van der Waals surface area contributed by atoms with Crippen LogP contribution in [-0.4, -0.2) is 80.7 Å². The van der Waals surface area contributed by atoms with Gasteiger partial charge in [0.2, 0.25) is 5.91 Å². The van der Waals surface area contributed by atoms with Crippen molar-refractivity contribution in [3.63, 3.8) is 0 Å². The Labute approximate surface area is 178 Å². The van der Waals surface area contributed by atoms with Gasteiger partial charge in [0, 0.05) is 51.7 Å². The number of likely N-dealkylation sites (tertiary alicyclic amines) is 1. The van der Waals surface area contributed by atoms with Gasteiger partial charge in [-0.15, -0.1) is 0 Å². The molecule has 1 aliphatic heterocycles. The van der Waals surface area contributed by atoms with Crippen molar-refractivity contribution < 1.29 is 19.1 Å². The zero-order valence-electron chi connectivity index (χ0n) is 17.7. The molecule has 0 radical (unpaired) electrons. The number of nitrogens with zero attached hydrogens (tertiary/aromatic N) is 1. The topological polar surface area (TPSA) is 67.9 Å². The highest BCUT2D eigenvalue weighted by Crippen LogP contribution is 2.24. The van der Waals surface area contributed by atoms with Gasteiger partial charge in [-0.2, -0.15) is 0 Å². The Balaban J connectivity index is 1.95. The largest absolute Gasteiger partial charge is 0.383 e. The van der Waals surface area contributed by atoms with E-state index in [1.165, 1.54) is 0 Å². The van der Waals surface area contributed by atoms with E-state index in [1.54, 1.807) is 21.1 Å². The highest BCUT2D eigenvalue weighted by Gasteiger charge is 2.34. The lowest BCUT2D eigenvalue weighted by atomic mass is 10.1. The molecule has 0 saturated carbocycles. The molecule has 1 saturated heterocycles. The van der Waals surface area contributed by atoms with Crippen LogP contribution in [0.15, 0.2) is 0 Å². The van der Waals surface area contributed by atoms with Crippen LogP contribution in [0.5, 0.6) is 0 Å². The number of carbonyl (C=O) groups excluding carboxylic acids is 2. The first-order chi connectivity index (χ1) is 13.6. The molecular formula is C20H38N2O4S2. The molecule has 1 unspecified atom stereocenters. The van der Waals surface area contributed by atoms with Gasteiger partial charge in [0.15, 0.2) is 0 Å². The maximum Gasteiger partial charge on any atom is 0.223 e. The van der Waals surface area contributed by atoms with Gasteiger partial charge in [0.05, 0.1) is 18.8 Å². The number of hydrogen-bond donors (Lipinski definition) is 1. The van der Waals surface area contributed by atoms with Crippen LogP contribution in [0.25, 0.3) is 0 Å². The summed E-state index contributed by atoms with van der Waals surface area (Å²) >= 11 is 0.